The molecule has 0 saturated heterocycles. The van der Waals surface area contributed by atoms with Crippen molar-refractivity contribution in [3.8, 4) is 5.75 Å². The van der Waals surface area contributed by atoms with Crippen LogP contribution >= 0.6 is 11.6 Å². The predicted octanol–water partition coefficient (Wildman–Crippen LogP) is 3.14. The van der Waals surface area contributed by atoms with Crippen LogP contribution in [0.1, 0.15) is 37.0 Å². The summed E-state index contributed by atoms with van der Waals surface area (Å²) in [5, 5.41) is 7.52. The van der Waals surface area contributed by atoms with E-state index in [1.54, 1.807) is 0 Å². The van der Waals surface area contributed by atoms with Gasteiger partial charge in [0.2, 0.25) is 0 Å². The Morgan fingerprint density at radius 2 is 2.20 bits per heavy atom. The normalized spacial score (nSPS) is 11.1. The van der Waals surface area contributed by atoms with Crippen molar-refractivity contribution in [3.05, 3.63) is 40.5 Å². The van der Waals surface area contributed by atoms with Crippen molar-refractivity contribution in [2.24, 2.45) is 0 Å². The number of halogens is 1. The van der Waals surface area contributed by atoms with E-state index >= 15 is 0 Å². The maximum atomic E-state index is 6.17. The third-order valence-corrected chi connectivity index (χ3v) is 3.02. The molecule has 0 unspecified atom stereocenters. The first-order valence-corrected chi connectivity index (χ1v) is 6.86. The topological polar surface area (TPSA) is 60.2 Å². The molecule has 1 aromatic heterocycles. The van der Waals surface area contributed by atoms with E-state index in [9.17, 15) is 0 Å². The molecule has 1 aromatic carbocycles. The van der Waals surface area contributed by atoms with Gasteiger partial charge in [-0.25, -0.2) is 0 Å². The molecule has 2 rings (SSSR count). The van der Waals surface area contributed by atoms with Crippen molar-refractivity contribution in [1.29, 1.82) is 0 Å². The number of benzene rings is 1. The van der Waals surface area contributed by atoms with Gasteiger partial charge >= 0.3 is 0 Å². The van der Waals surface area contributed by atoms with E-state index in [0.29, 0.717) is 22.5 Å². The predicted molar refractivity (Wildman–Crippen MR) is 76.9 cm³/mol. The highest BCUT2D eigenvalue weighted by Gasteiger charge is 2.11. The molecule has 0 aliphatic rings. The molecule has 0 spiro atoms. The molecule has 0 amide bonds. The Labute approximate surface area is 123 Å². The van der Waals surface area contributed by atoms with Crippen LogP contribution in [0.2, 0.25) is 5.02 Å². The van der Waals surface area contributed by atoms with E-state index in [2.05, 4.69) is 15.5 Å². The van der Waals surface area contributed by atoms with Crippen LogP contribution in [-0.4, -0.2) is 17.2 Å². The van der Waals surface area contributed by atoms with E-state index < -0.39 is 0 Å². The van der Waals surface area contributed by atoms with Crippen LogP contribution in [0.4, 0.5) is 0 Å². The maximum absolute atomic E-state index is 6.17. The SMILES string of the molecule is CNCc1ccc(OCc2nc(C(C)C)no2)c(Cl)c1. The second-order valence-electron chi connectivity index (χ2n) is 4.78. The lowest BCUT2D eigenvalue weighted by atomic mass is 10.2. The Kier molecular flexibility index (Phi) is 4.98. The maximum Gasteiger partial charge on any atom is 0.264 e. The van der Waals surface area contributed by atoms with Gasteiger partial charge in [-0.1, -0.05) is 36.7 Å². The molecule has 0 bridgehead atoms. The molecule has 0 aliphatic heterocycles. The first-order valence-electron chi connectivity index (χ1n) is 6.48. The molecule has 20 heavy (non-hydrogen) atoms. The van der Waals surface area contributed by atoms with E-state index in [1.807, 2.05) is 39.1 Å². The van der Waals surface area contributed by atoms with Crippen molar-refractivity contribution in [1.82, 2.24) is 15.5 Å². The lowest BCUT2D eigenvalue weighted by Crippen LogP contribution is -2.05. The second-order valence-corrected chi connectivity index (χ2v) is 5.19. The minimum Gasteiger partial charge on any atom is -0.482 e. The summed E-state index contributed by atoms with van der Waals surface area (Å²) in [4.78, 5) is 4.25. The van der Waals surface area contributed by atoms with Gasteiger partial charge in [0, 0.05) is 12.5 Å². The Morgan fingerprint density at radius 1 is 1.40 bits per heavy atom. The molecule has 0 aliphatic carbocycles. The quantitative estimate of drug-likeness (QED) is 0.887. The number of aromatic nitrogens is 2. The molecule has 1 N–H and O–H groups in total. The van der Waals surface area contributed by atoms with Gasteiger partial charge < -0.3 is 14.6 Å². The van der Waals surface area contributed by atoms with Crippen LogP contribution in [0.15, 0.2) is 22.7 Å². The molecular formula is C14H18ClN3O2. The molecule has 0 saturated carbocycles. The van der Waals surface area contributed by atoms with Crippen LogP contribution in [0, 0.1) is 0 Å². The minimum absolute atomic E-state index is 0.213. The van der Waals surface area contributed by atoms with Crippen LogP contribution < -0.4 is 10.1 Å². The third kappa shape index (κ3) is 3.71. The van der Waals surface area contributed by atoms with Crippen LogP contribution in [0.3, 0.4) is 0 Å². The highest BCUT2D eigenvalue weighted by Crippen LogP contribution is 2.26. The summed E-state index contributed by atoms with van der Waals surface area (Å²) in [6, 6.07) is 5.68. The molecule has 5 nitrogen and oxygen atoms in total. The number of rotatable bonds is 6. The fourth-order valence-corrected chi connectivity index (χ4v) is 1.93. The summed E-state index contributed by atoms with van der Waals surface area (Å²) in [5.74, 6) is 1.97. The molecule has 2 aromatic rings. The smallest absolute Gasteiger partial charge is 0.264 e. The van der Waals surface area contributed by atoms with Gasteiger partial charge in [-0.15, -0.1) is 0 Å². The third-order valence-electron chi connectivity index (χ3n) is 2.73. The average Bonchev–Trinajstić information content (AvgIpc) is 2.87. The van der Waals surface area contributed by atoms with E-state index in [-0.39, 0.29) is 12.5 Å². The van der Waals surface area contributed by atoms with Gasteiger partial charge in [-0.2, -0.15) is 4.98 Å². The zero-order valence-corrected chi connectivity index (χ0v) is 12.6. The molecule has 108 valence electrons. The first kappa shape index (κ1) is 14.8. The summed E-state index contributed by atoms with van der Waals surface area (Å²) in [7, 11) is 1.89. The Balaban J connectivity index is 1.99. The second kappa shape index (κ2) is 6.72. The summed E-state index contributed by atoms with van der Waals surface area (Å²) in [5.41, 5.74) is 1.10. The van der Waals surface area contributed by atoms with Gasteiger partial charge in [0.1, 0.15) is 5.75 Å². The Bertz CT molecular complexity index is 569. The van der Waals surface area contributed by atoms with Gasteiger partial charge in [-0.3, -0.25) is 0 Å². The number of nitrogens with zero attached hydrogens (tertiary/aromatic N) is 2. The first-order chi connectivity index (χ1) is 9.60. The lowest BCUT2D eigenvalue weighted by molar-refractivity contribution is 0.242. The fraction of sp³-hybridized carbons (Fsp3) is 0.429. The molecule has 0 radical (unpaired) electrons. The van der Waals surface area contributed by atoms with Crippen molar-refractivity contribution in [2.75, 3.05) is 7.05 Å². The van der Waals surface area contributed by atoms with Crippen molar-refractivity contribution < 1.29 is 9.26 Å². The zero-order valence-electron chi connectivity index (χ0n) is 11.8. The number of hydrogen-bond acceptors (Lipinski definition) is 5. The highest BCUT2D eigenvalue weighted by atomic mass is 35.5. The van der Waals surface area contributed by atoms with Gasteiger partial charge in [0.25, 0.3) is 5.89 Å². The van der Waals surface area contributed by atoms with E-state index in [1.165, 1.54) is 0 Å². The van der Waals surface area contributed by atoms with Crippen LogP contribution in [0.25, 0.3) is 0 Å². The largest absolute Gasteiger partial charge is 0.482 e. The van der Waals surface area contributed by atoms with Gasteiger partial charge in [0.05, 0.1) is 5.02 Å². The molecule has 6 heteroatoms. The summed E-state index contributed by atoms with van der Waals surface area (Å²) < 4.78 is 10.7. The minimum atomic E-state index is 0.213. The van der Waals surface area contributed by atoms with Crippen LogP contribution in [0.5, 0.6) is 5.75 Å². The summed E-state index contributed by atoms with van der Waals surface area (Å²) in [6.45, 7) is 4.99. The molecular weight excluding hydrogens is 278 g/mol. The average molecular weight is 296 g/mol. The van der Waals surface area contributed by atoms with E-state index in [4.69, 9.17) is 20.9 Å². The van der Waals surface area contributed by atoms with E-state index in [0.717, 1.165) is 12.1 Å². The number of ether oxygens (including phenoxy) is 1. The summed E-state index contributed by atoms with van der Waals surface area (Å²) >= 11 is 6.17. The molecule has 0 atom stereocenters. The van der Waals surface area contributed by atoms with Crippen molar-refractivity contribution >= 4 is 11.6 Å². The molecule has 1 heterocycles. The monoisotopic (exact) mass is 295 g/mol. The Morgan fingerprint density at radius 3 is 2.80 bits per heavy atom. The summed E-state index contributed by atoms with van der Waals surface area (Å²) in [6.07, 6.45) is 0. The number of nitrogens with one attached hydrogen (secondary N) is 1. The van der Waals surface area contributed by atoms with Gasteiger partial charge in [-0.05, 0) is 24.7 Å². The molecule has 0 fully saturated rings. The fourth-order valence-electron chi connectivity index (χ4n) is 1.68. The number of hydrogen-bond donors (Lipinski definition) is 1. The Hall–Kier alpha value is -1.59. The zero-order chi connectivity index (χ0) is 14.5. The van der Waals surface area contributed by atoms with Gasteiger partial charge in [0.15, 0.2) is 12.4 Å². The highest BCUT2D eigenvalue weighted by molar-refractivity contribution is 6.32. The van der Waals surface area contributed by atoms with Crippen LogP contribution in [-0.2, 0) is 13.2 Å². The lowest BCUT2D eigenvalue weighted by Gasteiger charge is -2.07. The standard InChI is InChI=1S/C14H18ClN3O2/c1-9(2)14-17-13(20-18-14)8-19-12-5-4-10(7-16-3)6-11(12)15/h4-6,9,16H,7-8H2,1-3H3. The van der Waals surface area contributed by atoms with Crippen molar-refractivity contribution in [2.45, 2.75) is 32.9 Å². The van der Waals surface area contributed by atoms with Crippen molar-refractivity contribution in [3.63, 3.8) is 0 Å².